The van der Waals surface area contributed by atoms with Crippen molar-refractivity contribution >= 4 is 5.95 Å². The lowest BCUT2D eigenvalue weighted by Crippen LogP contribution is -2.77. The van der Waals surface area contributed by atoms with Crippen LogP contribution in [0, 0.1) is 0 Å². The second-order valence-corrected chi connectivity index (χ2v) is 6.88. The van der Waals surface area contributed by atoms with E-state index >= 15 is 0 Å². The smallest absolute Gasteiger partial charge is 0.225 e. The molecule has 5 heteroatoms. The first-order valence-corrected chi connectivity index (χ1v) is 7.67. The Morgan fingerprint density at radius 2 is 1.60 bits per heavy atom. The molecule has 2 aliphatic rings. The molecule has 0 saturated carbocycles. The number of likely N-dealkylation sites (tertiary alicyclic amines) is 1. The van der Waals surface area contributed by atoms with E-state index in [2.05, 4.69) is 40.6 Å². The molecule has 3 heterocycles. The molecule has 1 aromatic heterocycles. The van der Waals surface area contributed by atoms with Crippen molar-refractivity contribution in [3.63, 3.8) is 0 Å². The van der Waals surface area contributed by atoms with Crippen LogP contribution in [0.5, 0.6) is 0 Å². The summed E-state index contributed by atoms with van der Waals surface area (Å²) >= 11 is 0. The highest BCUT2D eigenvalue weighted by Gasteiger charge is 2.51. The minimum Gasteiger partial charge on any atom is -0.338 e. The molecular weight excluding hydrogens is 250 g/mol. The van der Waals surface area contributed by atoms with Crippen molar-refractivity contribution in [2.75, 3.05) is 44.2 Å². The lowest BCUT2D eigenvalue weighted by molar-refractivity contribution is -1.10. The van der Waals surface area contributed by atoms with Gasteiger partial charge in [0.25, 0.3) is 0 Å². The number of quaternary nitrogens is 1. The average Bonchev–Trinajstić information content (AvgIpc) is 2.37. The van der Waals surface area contributed by atoms with Gasteiger partial charge in [-0.3, -0.25) is 0 Å². The highest BCUT2D eigenvalue weighted by Crippen LogP contribution is 2.35. The van der Waals surface area contributed by atoms with E-state index < -0.39 is 0 Å². The van der Waals surface area contributed by atoms with Crippen LogP contribution in [0.1, 0.15) is 27.2 Å². The molecule has 0 radical (unpaired) electrons. The van der Waals surface area contributed by atoms with Gasteiger partial charge in [-0.15, -0.1) is 0 Å². The summed E-state index contributed by atoms with van der Waals surface area (Å²) in [6.07, 6.45) is 5.01. The van der Waals surface area contributed by atoms with Crippen LogP contribution in [0.25, 0.3) is 0 Å². The van der Waals surface area contributed by atoms with Gasteiger partial charge < -0.3 is 4.90 Å². The molecule has 3 rings (SSSR count). The Balaban J connectivity index is 1.67. The van der Waals surface area contributed by atoms with Gasteiger partial charge >= 0.3 is 0 Å². The molecule has 0 amide bonds. The Labute approximate surface area is 121 Å². The van der Waals surface area contributed by atoms with Crippen LogP contribution < -0.4 is 4.90 Å². The van der Waals surface area contributed by atoms with Gasteiger partial charge in [0.2, 0.25) is 5.95 Å². The van der Waals surface area contributed by atoms with Crippen molar-refractivity contribution in [1.29, 1.82) is 0 Å². The molecule has 0 unspecified atom stereocenters. The first-order valence-electron chi connectivity index (χ1n) is 7.67. The molecule has 110 valence electrons. The monoisotopic (exact) mass is 276 g/mol. The van der Waals surface area contributed by atoms with E-state index in [4.69, 9.17) is 0 Å². The Kier molecular flexibility index (Phi) is 3.42. The predicted molar refractivity (Wildman–Crippen MR) is 80.2 cm³/mol. The Bertz CT molecular complexity index is 441. The maximum atomic E-state index is 4.36. The van der Waals surface area contributed by atoms with Gasteiger partial charge in [-0.25, -0.2) is 14.6 Å². The number of rotatable bonds is 2. The number of nitrogens with zero attached hydrogens (tertiary/aromatic N) is 5. The van der Waals surface area contributed by atoms with Gasteiger partial charge in [-0.05, 0) is 26.8 Å². The molecule has 0 atom stereocenters. The number of aromatic nitrogens is 2. The largest absolute Gasteiger partial charge is 0.338 e. The third-order valence-corrected chi connectivity index (χ3v) is 4.94. The fourth-order valence-corrected chi connectivity index (χ4v) is 3.57. The van der Waals surface area contributed by atoms with E-state index in [9.17, 15) is 0 Å². The summed E-state index contributed by atoms with van der Waals surface area (Å²) in [6.45, 7) is 14.0. The Hall–Kier alpha value is -1.20. The Morgan fingerprint density at radius 1 is 1.00 bits per heavy atom. The van der Waals surface area contributed by atoms with Gasteiger partial charge in [0.05, 0.1) is 13.1 Å². The summed E-state index contributed by atoms with van der Waals surface area (Å²) in [4.78, 5) is 11.0. The first-order chi connectivity index (χ1) is 9.53. The molecule has 20 heavy (non-hydrogen) atoms. The standard InChI is InChI=1S/C15H26N5/c1-15(2,3)20(12-5-13-20)19-10-8-18(9-11-19)14-16-6-4-7-17-14/h4,6-7H,5,8-13H2,1-3H3/q+1. The third kappa shape index (κ3) is 2.19. The number of anilines is 1. The van der Waals surface area contributed by atoms with Crippen molar-refractivity contribution < 1.29 is 4.59 Å². The van der Waals surface area contributed by atoms with Crippen LogP contribution in [0.15, 0.2) is 18.5 Å². The summed E-state index contributed by atoms with van der Waals surface area (Å²) in [5.74, 6) is 0.873. The van der Waals surface area contributed by atoms with Gasteiger partial charge in [0.1, 0.15) is 18.6 Å². The van der Waals surface area contributed by atoms with Crippen molar-refractivity contribution in [3.8, 4) is 0 Å². The highest BCUT2D eigenvalue weighted by atomic mass is 15.8. The van der Waals surface area contributed by atoms with E-state index in [1.807, 2.05) is 18.5 Å². The molecule has 2 saturated heterocycles. The highest BCUT2D eigenvalue weighted by molar-refractivity contribution is 5.28. The summed E-state index contributed by atoms with van der Waals surface area (Å²) in [5.41, 5.74) is 0.309. The molecule has 0 bridgehead atoms. The predicted octanol–water partition coefficient (Wildman–Crippen LogP) is 1.53. The quantitative estimate of drug-likeness (QED) is 0.767. The van der Waals surface area contributed by atoms with Crippen LogP contribution in [0.3, 0.4) is 0 Å². The number of hydrogen-bond acceptors (Lipinski definition) is 4. The maximum Gasteiger partial charge on any atom is 0.225 e. The molecule has 1 aromatic rings. The van der Waals surface area contributed by atoms with Crippen molar-refractivity contribution in [1.82, 2.24) is 15.0 Å². The lowest BCUT2D eigenvalue weighted by atomic mass is 9.97. The van der Waals surface area contributed by atoms with Crippen molar-refractivity contribution in [2.45, 2.75) is 32.7 Å². The summed E-state index contributed by atoms with van der Waals surface area (Å²) in [7, 11) is 0. The molecule has 0 spiro atoms. The molecule has 2 aliphatic heterocycles. The zero-order valence-corrected chi connectivity index (χ0v) is 12.9. The van der Waals surface area contributed by atoms with Crippen LogP contribution in [0.4, 0.5) is 5.95 Å². The van der Waals surface area contributed by atoms with Gasteiger partial charge in [-0.2, -0.15) is 5.01 Å². The lowest BCUT2D eigenvalue weighted by Gasteiger charge is -2.60. The van der Waals surface area contributed by atoms with Crippen LogP contribution in [0.2, 0.25) is 0 Å². The van der Waals surface area contributed by atoms with E-state index in [0.29, 0.717) is 5.54 Å². The van der Waals surface area contributed by atoms with Crippen LogP contribution in [-0.4, -0.2) is 64.4 Å². The molecule has 5 nitrogen and oxygen atoms in total. The fraction of sp³-hybridized carbons (Fsp3) is 0.733. The molecule has 2 fully saturated rings. The van der Waals surface area contributed by atoms with E-state index in [1.165, 1.54) is 19.5 Å². The van der Waals surface area contributed by atoms with E-state index in [-0.39, 0.29) is 0 Å². The summed E-state index contributed by atoms with van der Waals surface area (Å²) in [5, 5.41) is 2.67. The minimum absolute atomic E-state index is 0.309. The van der Waals surface area contributed by atoms with E-state index in [1.54, 1.807) is 0 Å². The average molecular weight is 276 g/mol. The molecular formula is C15H26N5+. The minimum atomic E-state index is 0.309. The van der Waals surface area contributed by atoms with Crippen LogP contribution >= 0.6 is 0 Å². The zero-order valence-electron chi connectivity index (χ0n) is 12.9. The summed E-state index contributed by atoms with van der Waals surface area (Å²) < 4.78 is 1.16. The molecule has 0 aliphatic carbocycles. The van der Waals surface area contributed by atoms with Crippen LogP contribution in [-0.2, 0) is 0 Å². The fourth-order valence-electron chi connectivity index (χ4n) is 3.57. The second-order valence-electron chi connectivity index (χ2n) is 6.88. The van der Waals surface area contributed by atoms with Gasteiger partial charge in [-0.1, -0.05) is 0 Å². The topological polar surface area (TPSA) is 32.3 Å². The van der Waals surface area contributed by atoms with E-state index in [0.717, 1.165) is 36.7 Å². The number of hydrogen-bond donors (Lipinski definition) is 0. The van der Waals surface area contributed by atoms with Gasteiger partial charge in [0, 0.05) is 31.9 Å². The summed E-state index contributed by atoms with van der Waals surface area (Å²) in [6, 6.07) is 1.87. The van der Waals surface area contributed by atoms with Crippen molar-refractivity contribution in [3.05, 3.63) is 18.5 Å². The normalized spacial score (nSPS) is 23.4. The number of piperazine rings is 1. The molecule has 0 N–H and O–H groups in total. The van der Waals surface area contributed by atoms with Crippen molar-refractivity contribution in [2.24, 2.45) is 0 Å². The third-order valence-electron chi connectivity index (χ3n) is 4.94. The maximum absolute atomic E-state index is 4.36. The molecule has 0 aromatic carbocycles. The van der Waals surface area contributed by atoms with Gasteiger partial charge in [0.15, 0.2) is 0 Å². The second kappa shape index (κ2) is 4.97. The zero-order chi connectivity index (χ0) is 14.2. The SMILES string of the molecule is CC(C)(C)[N+]1(N2CCN(c3ncccn3)CC2)CCC1. The Morgan fingerprint density at radius 3 is 2.05 bits per heavy atom. The first kappa shape index (κ1) is 13.8.